The van der Waals surface area contributed by atoms with Crippen LogP contribution in [0, 0.1) is 5.92 Å². The second-order valence-corrected chi connectivity index (χ2v) is 6.28. The average Bonchev–Trinajstić information content (AvgIpc) is 2.39. The molecule has 0 radical (unpaired) electrons. The van der Waals surface area contributed by atoms with E-state index in [4.69, 9.17) is 0 Å². The first-order valence-electron chi connectivity index (χ1n) is 7.01. The first-order chi connectivity index (χ1) is 9.13. The van der Waals surface area contributed by atoms with Crippen LogP contribution < -0.4 is 10.5 Å². The number of hydrogen-bond donors (Lipinski definition) is 0. The molecule has 1 unspecified atom stereocenters. The first kappa shape index (κ1) is 14.6. The Kier molecular flexibility index (Phi) is 5.02. The highest BCUT2D eigenvalue weighted by atomic mass is 79.9. The zero-order chi connectivity index (χ0) is 13.8. The van der Waals surface area contributed by atoms with Crippen molar-refractivity contribution in [1.29, 1.82) is 0 Å². The summed E-state index contributed by atoms with van der Waals surface area (Å²) in [5.41, 5.74) is 0.0389. The van der Waals surface area contributed by atoms with Gasteiger partial charge < -0.3 is 9.47 Å². The maximum Gasteiger partial charge on any atom is 0.293 e. The number of anilines is 1. The molecule has 0 saturated carbocycles. The van der Waals surface area contributed by atoms with E-state index >= 15 is 0 Å². The summed E-state index contributed by atoms with van der Waals surface area (Å²) in [6, 6.07) is 0.178. The standard InChI is InChI=1S/C14H22BrN3O/c1-11(2)18-9-7-16-13(14(18)19)17-8-3-4-12(10-17)5-6-15/h7,9,11-12H,3-6,8,10H2,1-2H3. The summed E-state index contributed by atoms with van der Waals surface area (Å²) in [5.74, 6) is 1.29. The molecule has 1 saturated heterocycles. The lowest BCUT2D eigenvalue weighted by molar-refractivity contribution is 0.404. The van der Waals surface area contributed by atoms with Gasteiger partial charge in [0.05, 0.1) is 0 Å². The van der Waals surface area contributed by atoms with Crippen molar-refractivity contribution >= 4 is 21.7 Å². The summed E-state index contributed by atoms with van der Waals surface area (Å²) in [5, 5.41) is 1.03. The van der Waals surface area contributed by atoms with E-state index < -0.39 is 0 Å². The topological polar surface area (TPSA) is 38.1 Å². The predicted octanol–water partition coefficient (Wildman–Crippen LogP) is 2.83. The van der Waals surface area contributed by atoms with E-state index in [1.54, 1.807) is 17.0 Å². The Morgan fingerprint density at radius 1 is 1.53 bits per heavy atom. The second-order valence-electron chi connectivity index (χ2n) is 5.49. The SMILES string of the molecule is CC(C)n1ccnc(N2CCCC(CCBr)C2)c1=O. The van der Waals surface area contributed by atoms with Gasteiger partial charge in [0.2, 0.25) is 0 Å². The normalized spacial score (nSPS) is 20.0. The van der Waals surface area contributed by atoms with Crippen LogP contribution in [0.2, 0.25) is 0 Å². The average molecular weight is 328 g/mol. The Balaban J connectivity index is 2.22. The molecule has 0 spiro atoms. The molecule has 1 atom stereocenters. The van der Waals surface area contributed by atoms with Gasteiger partial charge in [-0.05, 0) is 39.0 Å². The van der Waals surface area contributed by atoms with Gasteiger partial charge in [-0.1, -0.05) is 15.9 Å². The van der Waals surface area contributed by atoms with Crippen LogP contribution in [0.1, 0.15) is 39.2 Å². The van der Waals surface area contributed by atoms with Crippen LogP contribution in [0.3, 0.4) is 0 Å². The monoisotopic (exact) mass is 327 g/mol. The van der Waals surface area contributed by atoms with Gasteiger partial charge in [0.15, 0.2) is 5.82 Å². The molecule has 1 aromatic rings. The van der Waals surface area contributed by atoms with Crippen LogP contribution >= 0.6 is 15.9 Å². The largest absolute Gasteiger partial charge is 0.352 e. The third kappa shape index (κ3) is 3.38. The van der Waals surface area contributed by atoms with Gasteiger partial charge in [-0.15, -0.1) is 0 Å². The van der Waals surface area contributed by atoms with Crippen LogP contribution in [0.25, 0.3) is 0 Å². The molecule has 19 heavy (non-hydrogen) atoms. The minimum Gasteiger partial charge on any atom is -0.352 e. The van der Waals surface area contributed by atoms with E-state index in [2.05, 4.69) is 25.8 Å². The van der Waals surface area contributed by atoms with Crippen molar-refractivity contribution in [1.82, 2.24) is 9.55 Å². The molecule has 1 fully saturated rings. The Labute approximate surface area is 123 Å². The summed E-state index contributed by atoms with van der Waals surface area (Å²) in [7, 11) is 0. The number of piperidine rings is 1. The molecule has 1 aliphatic heterocycles. The van der Waals surface area contributed by atoms with Gasteiger partial charge in [-0.25, -0.2) is 4.98 Å². The number of halogens is 1. The fourth-order valence-electron chi connectivity index (χ4n) is 2.69. The van der Waals surface area contributed by atoms with Gasteiger partial charge in [0.1, 0.15) is 0 Å². The molecule has 106 valence electrons. The molecule has 2 heterocycles. The van der Waals surface area contributed by atoms with Crippen LogP contribution in [0.5, 0.6) is 0 Å². The predicted molar refractivity (Wildman–Crippen MR) is 82.2 cm³/mol. The smallest absolute Gasteiger partial charge is 0.293 e. The Morgan fingerprint density at radius 3 is 3.00 bits per heavy atom. The maximum atomic E-state index is 12.4. The number of aromatic nitrogens is 2. The van der Waals surface area contributed by atoms with E-state index in [0.29, 0.717) is 11.7 Å². The van der Waals surface area contributed by atoms with Crippen molar-refractivity contribution in [3.8, 4) is 0 Å². The lowest BCUT2D eigenvalue weighted by atomic mass is 9.96. The molecule has 0 N–H and O–H groups in total. The molecule has 1 aliphatic rings. The highest BCUT2D eigenvalue weighted by molar-refractivity contribution is 9.09. The molecule has 1 aromatic heterocycles. The molecule has 0 aromatic carbocycles. The first-order valence-corrected chi connectivity index (χ1v) is 8.13. The van der Waals surface area contributed by atoms with Crippen molar-refractivity contribution in [2.45, 2.75) is 39.2 Å². The van der Waals surface area contributed by atoms with E-state index in [1.165, 1.54) is 12.8 Å². The van der Waals surface area contributed by atoms with Crippen LogP contribution in [0.15, 0.2) is 17.2 Å². The number of hydrogen-bond acceptors (Lipinski definition) is 3. The summed E-state index contributed by atoms with van der Waals surface area (Å²) < 4.78 is 1.76. The van der Waals surface area contributed by atoms with Crippen LogP contribution in [-0.2, 0) is 0 Å². The summed E-state index contributed by atoms with van der Waals surface area (Å²) in [4.78, 5) is 18.9. The number of alkyl halides is 1. The zero-order valence-corrected chi connectivity index (χ0v) is 13.3. The molecular formula is C14H22BrN3O. The fraction of sp³-hybridized carbons (Fsp3) is 0.714. The zero-order valence-electron chi connectivity index (χ0n) is 11.7. The quantitative estimate of drug-likeness (QED) is 0.798. The fourth-order valence-corrected chi connectivity index (χ4v) is 3.33. The highest BCUT2D eigenvalue weighted by Gasteiger charge is 2.23. The van der Waals surface area contributed by atoms with Crippen LogP contribution in [0.4, 0.5) is 5.82 Å². The molecule has 0 amide bonds. The minimum absolute atomic E-state index is 0.0389. The van der Waals surface area contributed by atoms with Crippen molar-refractivity contribution in [2.75, 3.05) is 23.3 Å². The Bertz CT molecular complexity index is 470. The van der Waals surface area contributed by atoms with Crippen molar-refractivity contribution in [3.63, 3.8) is 0 Å². The van der Waals surface area contributed by atoms with Crippen molar-refractivity contribution < 1.29 is 0 Å². The third-order valence-electron chi connectivity index (χ3n) is 3.74. The summed E-state index contributed by atoms with van der Waals surface area (Å²) >= 11 is 3.51. The van der Waals surface area contributed by atoms with Gasteiger partial charge in [-0.2, -0.15) is 0 Å². The molecular weight excluding hydrogens is 306 g/mol. The van der Waals surface area contributed by atoms with Gasteiger partial charge in [-0.3, -0.25) is 4.79 Å². The van der Waals surface area contributed by atoms with Crippen LogP contribution in [-0.4, -0.2) is 28.0 Å². The maximum absolute atomic E-state index is 12.4. The molecule has 0 aliphatic carbocycles. The van der Waals surface area contributed by atoms with E-state index in [0.717, 1.165) is 24.8 Å². The lowest BCUT2D eigenvalue weighted by Crippen LogP contribution is -2.40. The van der Waals surface area contributed by atoms with E-state index in [9.17, 15) is 4.79 Å². The number of rotatable bonds is 4. The van der Waals surface area contributed by atoms with E-state index in [1.807, 2.05) is 13.8 Å². The summed E-state index contributed by atoms with van der Waals surface area (Å²) in [6.07, 6.45) is 7.09. The lowest BCUT2D eigenvalue weighted by Gasteiger charge is -2.33. The molecule has 2 rings (SSSR count). The molecule has 0 bridgehead atoms. The highest BCUT2D eigenvalue weighted by Crippen LogP contribution is 2.22. The Hall–Kier alpha value is -0.840. The minimum atomic E-state index is 0.0389. The molecule has 5 heteroatoms. The second kappa shape index (κ2) is 6.55. The van der Waals surface area contributed by atoms with Gasteiger partial charge >= 0.3 is 0 Å². The number of nitrogens with zero attached hydrogens (tertiary/aromatic N) is 3. The Morgan fingerprint density at radius 2 is 2.32 bits per heavy atom. The van der Waals surface area contributed by atoms with Gasteiger partial charge in [0, 0.05) is 36.9 Å². The van der Waals surface area contributed by atoms with E-state index in [-0.39, 0.29) is 11.6 Å². The molecule has 4 nitrogen and oxygen atoms in total. The van der Waals surface area contributed by atoms with Crippen molar-refractivity contribution in [2.24, 2.45) is 5.92 Å². The van der Waals surface area contributed by atoms with Gasteiger partial charge in [0.25, 0.3) is 5.56 Å². The summed E-state index contributed by atoms with van der Waals surface area (Å²) in [6.45, 7) is 5.95. The third-order valence-corrected chi connectivity index (χ3v) is 4.20. The van der Waals surface area contributed by atoms with Crippen molar-refractivity contribution in [3.05, 3.63) is 22.7 Å².